The number of aromatic nitrogens is 3. The van der Waals surface area contributed by atoms with E-state index in [2.05, 4.69) is 9.97 Å². The Balaban J connectivity index is 1.87. The van der Waals surface area contributed by atoms with Gasteiger partial charge in [-0.25, -0.2) is 9.78 Å². The van der Waals surface area contributed by atoms with Crippen LogP contribution in [0.1, 0.15) is 46.8 Å². The van der Waals surface area contributed by atoms with Crippen LogP contribution in [0.2, 0.25) is 0 Å². The molecule has 0 amide bonds. The zero-order valence-corrected chi connectivity index (χ0v) is 13.0. The average molecular weight is 339 g/mol. The van der Waals surface area contributed by atoms with Gasteiger partial charge in [0.2, 0.25) is 0 Å². The molecule has 1 aliphatic heterocycles. The molecule has 1 aliphatic rings. The quantitative estimate of drug-likeness (QED) is 0.806. The minimum Gasteiger partial charge on any atom is -0.461 e. The highest BCUT2D eigenvalue weighted by Crippen LogP contribution is 2.37. The minimum absolute atomic E-state index is 0.182. The first-order chi connectivity index (χ1) is 11.4. The molecule has 0 N–H and O–H groups in total. The maximum Gasteiger partial charge on any atom is 0.433 e. The Hall–Kier alpha value is -2.38. The van der Waals surface area contributed by atoms with E-state index in [1.165, 1.54) is 12.1 Å². The van der Waals surface area contributed by atoms with E-state index >= 15 is 0 Å². The summed E-state index contributed by atoms with van der Waals surface area (Å²) in [7, 11) is 0. The van der Waals surface area contributed by atoms with Gasteiger partial charge < -0.3 is 9.30 Å². The molecule has 24 heavy (non-hydrogen) atoms. The Morgan fingerprint density at radius 2 is 2.25 bits per heavy atom. The number of hydrogen-bond donors (Lipinski definition) is 0. The summed E-state index contributed by atoms with van der Waals surface area (Å²) in [6.07, 6.45) is -0.772. The topological polar surface area (TPSA) is 57.0 Å². The fraction of sp³-hybridized carbons (Fsp3) is 0.438. The number of alkyl halides is 3. The van der Waals surface area contributed by atoms with Gasteiger partial charge in [-0.1, -0.05) is 6.07 Å². The lowest BCUT2D eigenvalue weighted by molar-refractivity contribution is -0.142. The van der Waals surface area contributed by atoms with E-state index in [-0.39, 0.29) is 23.8 Å². The van der Waals surface area contributed by atoms with Crippen molar-refractivity contribution in [2.45, 2.75) is 38.4 Å². The van der Waals surface area contributed by atoms with Crippen molar-refractivity contribution in [1.82, 2.24) is 14.5 Å². The first-order valence-corrected chi connectivity index (χ1v) is 7.65. The number of nitrogens with zero attached hydrogens (tertiary/aromatic N) is 3. The first kappa shape index (κ1) is 16.5. The van der Waals surface area contributed by atoms with Crippen LogP contribution in [0.25, 0.3) is 0 Å². The summed E-state index contributed by atoms with van der Waals surface area (Å²) in [5.41, 5.74) is -0.471. The third-order valence-electron chi connectivity index (χ3n) is 4.02. The van der Waals surface area contributed by atoms with Crippen LogP contribution in [-0.4, -0.2) is 27.1 Å². The summed E-state index contributed by atoms with van der Waals surface area (Å²) in [6.45, 7) is 2.27. The van der Waals surface area contributed by atoms with Gasteiger partial charge in [-0.05, 0) is 25.0 Å². The molecule has 8 heteroatoms. The van der Waals surface area contributed by atoms with Crippen LogP contribution >= 0.6 is 0 Å². The molecule has 0 saturated carbocycles. The van der Waals surface area contributed by atoms with Gasteiger partial charge >= 0.3 is 12.1 Å². The lowest BCUT2D eigenvalue weighted by Gasteiger charge is -2.25. The Bertz CT molecular complexity index is 755. The van der Waals surface area contributed by atoms with Gasteiger partial charge in [-0.2, -0.15) is 13.2 Å². The number of pyridine rings is 1. The van der Waals surface area contributed by atoms with Gasteiger partial charge in [0.15, 0.2) is 5.69 Å². The largest absolute Gasteiger partial charge is 0.461 e. The fourth-order valence-corrected chi connectivity index (χ4v) is 2.99. The highest BCUT2D eigenvalue weighted by Gasteiger charge is 2.37. The second kappa shape index (κ2) is 6.26. The highest BCUT2D eigenvalue weighted by molar-refractivity contribution is 5.87. The highest BCUT2D eigenvalue weighted by atomic mass is 19.4. The van der Waals surface area contributed by atoms with Crippen molar-refractivity contribution in [2.75, 3.05) is 6.61 Å². The van der Waals surface area contributed by atoms with Crippen molar-refractivity contribution >= 4 is 5.97 Å². The lowest BCUT2D eigenvalue weighted by atomic mass is 9.90. The van der Waals surface area contributed by atoms with Crippen LogP contribution in [0.15, 0.2) is 24.5 Å². The van der Waals surface area contributed by atoms with E-state index in [0.717, 1.165) is 6.20 Å². The van der Waals surface area contributed by atoms with E-state index in [4.69, 9.17) is 4.74 Å². The van der Waals surface area contributed by atoms with Gasteiger partial charge in [0.25, 0.3) is 0 Å². The van der Waals surface area contributed by atoms with Crippen molar-refractivity contribution < 1.29 is 22.7 Å². The molecule has 1 atom stereocenters. The fourth-order valence-electron chi connectivity index (χ4n) is 2.99. The molecule has 1 unspecified atom stereocenters. The van der Waals surface area contributed by atoms with E-state index in [9.17, 15) is 18.0 Å². The number of imidazole rings is 1. The third-order valence-corrected chi connectivity index (χ3v) is 4.02. The van der Waals surface area contributed by atoms with Crippen LogP contribution in [-0.2, 0) is 23.9 Å². The maximum absolute atomic E-state index is 13.2. The van der Waals surface area contributed by atoms with Crippen LogP contribution in [0.4, 0.5) is 13.2 Å². The second-order valence-corrected chi connectivity index (χ2v) is 5.59. The molecule has 0 bridgehead atoms. The molecule has 128 valence electrons. The number of aryl methyl sites for hydroxylation is 1. The Kier molecular flexibility index (Phi) is 4.29. The molecule has 3 rings (SSSR count). The molecule has 0 saturated heterocycles. The van der Waals surface area contributed by atoms with Crippen molar-refractivity contribution in [3.63, 3.8) is 0 Å². The normalized spacial score (nSPS) is 17.4. The molecule has 2 aromatic rings. The monoisotopic (exact) mass is 339 g/mol. The molecular formula is C16H16F3N3O2. The van der Waals surface area contributed by atoms with Gasteiger partial charge in [-0.3, -0.25) is 4.98 Å². The van der Waals surface area contributed by atoms with Crippen molar-refractivity contribution in [3.05, 3.63) is 47.3 Å². The average Bonchev–Trinajstić information content (AvgIpc) is 2.97. The molecule has 0 aliphatic carbocycles. The molecule has 0 aromatic carbocycles. The van der Waals surface area contributed by atoms with Crippen LogP contribution in [0.3, 0.4) is 0 Å². The Morgan fingerprint density at radius 1 is 1.46 bits per heavy atom. The number of fused-ring (bicyclic) bond motifs is 1. The number of halogens is 3. The molecule has 2 aromatic heterocycles. The van der Waals surface area contributed by atoms with Crippen LogP contribution in [0.5, 0.6) is 0 Å². The molecule has 0 spiro atoms. The standard InChI is InChI=1S/C16H16F3N3O2/c1-2-24-15(23)12-9-22-8-10(5-6-13(22)21-12)11-4-3-7-20-14(11)16(17,18)19/h3-4,7,9-10H,2,5-6,8H2,1H3. The first-order valence-electron chi connectivity index (χ1n) is 7.65. The number of carbonyl (C=O) groups is 1. The van der Waals surface area contributed by atoms with Crippen molar-refractivity contribution in [1.29, 1.82) is 0 Å². The number of hydrogen-bond acceptors (Lipinski definition) is 4. The lowest BCUT2D eigenvalue weighted by Crippen LogP contribution is -2.22. The molecular weight excluding hydrogens is 323 g/mol. The Labute approximate surface area is 136 Å². The molecule has 3 heterocycles. The number of esters is 1. The van der Waals surface area contributed by atoms with Gasteiger partial charge in [0.1, 0.15) is 11.5 Å². The van der Waals surface area contributed by atoms with Crippen molar-refractivity contribution in [3.8, 4) is 0 Å². The predicted octanol–water partition coefficient (Wildman–Crippen LogP) is 3.20. The predicted molar refractivity (Wildman–Crippen MR) is 78.5 cm³/mol. The molecule has 5 nitrogen and oxygen atoms in total. The minimum atomic E-state index is -4.48. The third kappa shape index (κ3) is 3.13. The Morgan fingerprint density at radius 3 is 2.96 bits per heavy atom. The molecule has 0 fully saturated rings. The number of carbonyl (C=O) groups excluding carboxylic acids is 1. The summed E-state index contributed by atoms with van der Waals surface area (Å²) < 4.78 is 46.1. The summed E-state index contributed by atoms with van der Waals surface area (Å²) in [4.78, 5) is 19.5. The SMILES string of the molecule is CCOC(=O)c1cn2c(n1)CCC(c1cccnc1C(F)(F)F)C2. The summed E-state index contributed by atoms with van der Waals surface area (Å²) in [5.74, 6) is -0.160. The van der Waals surface area contributed by atoms with E-state index in [1.807, 2.05) is 0 Å². The van der Waals surface area contributed by atoms with E-state index < -0.39 is 17.8 Å². The molecule has 0 radical (unpaired) electrons. The smallest absolute Gasteiger partial charge is 0.433 e. The summed E-state index contributed by atoms with van der Waals surface area (Å²) in [5, 5.41) is 0. The van der Waals surface area contributed by atoms with Gasteiger partial charge in [0.05, 0.1) is 6.61 Å². The maximum atomic E-state index is 13.2. The van der Waals surface area contributed by atoms with E-state index in [0.29, 0.717) is 25.2 Å². The zero-order chi connectivity index (χ0) is 17.3. The van der Waals surface area contributed by atoms with E-state index in [1.54, 1.807) is 17.7 Å². The number of rotatable bonds is 3. The summed E-state index contributed by atoms with van der Waals surface area (Å²) >= 11 is 0. The zero-order valence-electron chi connectivity index (χ0n) is 13.0. The number of ether oxygens (including phenoxy) is 1. The van der Waals surface area contributed by atoms with Crippen LogP contribution < -0.4 is 0 Å². The summed E-state index contributed by atoms with van der Waals surface area (Å²) in [6, 6.07) is 2.98. The van der Waals surface area contributed by atoms with Crippen molar-refractivity contribution in [2.24, 2.45) is 0 Å². The van der Waals surface area contributed by atoms with Gasteiger partial charge in [0, 0.05) is 31.3 Å². The van der Waals surface area contributed by atoms with Crippen LogP contribution in [0, 0.1) is 0 Å². The van der Waals surface area contributed by atoms with Gasteiger partial charge in [-0.15, -0.1) is 0 Å². The second-order valence-electron chi connectivity index (χ2n) is 5.59.